The van der Waals surface area contributed by atoms with Crippen LogP contribution in [-0.4, -0.2) is 36.7 Å². The lowest BCUT2D eigenvalue weighted by atomic mass is 10.2. The number of methoxy groups -OCH3 is 1. The first-order valence-corrected chi connectivity index (χ1v) is 5.54. The summed E-state index contributed by atoms with van der Waals surface area (Å²) in [7, 11) is 1.26. The van der Waals surface area contributed by atoms with Crippen molar-refractivity contribution in [3.05, 3.63) is 22.1 Å². The number of nitrogens with one attached hydrogen (secondary N) is 1. The van der Waals surface area contributed by atoms with Gasteiger partial charge in [-0.1, -0.05) is 0 Å². The molecule has 7 heteroatoms. The Morgan fingerprint density at radius 1 is 1.65 bits per heavy atom. The van der Waals surface area contributed by atoms with Crippen molar-refractivity contribution >= 4 is 27.8 Å². The van der Waals surface area contributed by atoms with Crippen molar-refractivity contribution in [2.45, 2.75) is 13.0 Å². The van der Waals surface area contributed by atoms with Gasteiger partial charge in [-0.25, -0.2) is 4.79 Å². The first-order valence-electron chi connectivity index (χ1n) is 4.75. The Hall–Kier alpha value is -1.34. The molecule has 1 aromatic heterocycles. The van der Waals surface area contributed by atoms with Crippen molar-refractivity contribution in [3.63, 3.8) is 0 Å². The lowest BCUT2D eigenvalue weighted by molar-refractivity contribution is -0.148. The zero-order valence-electron chi connectivity index (χ0n) is 9.32. The van der Waals surface area contributed by atoms with Crippen LogP contribution in [0.2, 0.25) is 0 Å². The van der Waals surface area contributed by atoms with Gasteiger partial charge in [0.25, 0.3) is 5.91 Å². The number of amides is 1. The van der Waals surface area contributed by atoms with Crippen LogP contribution < -0.4 is 5.32 Å². The lowest BCUT2D eigenvalue weighted by Crippen LogP contribution is -2.37. The van der Waals surface area contributed by atoms with Crippen molar-refractivity contribution in [3.8, 4) is 0 Å². The maximum atomic E-state index is 11.6. The largest absolute Gasteiger partial charge is 0.479 e. The van der Waals surface area contributed by atoms with Gasteiger partial charge < -0.3 is 19.6 Å². The molecule has 1 aromatic rings. The van der Waals surface area contributed by atoms with E-state index in [0.717, 1.165) is 0 Å². The number of carbonyl (C=O) groups excluding carboxylic acids is 1. The number of carboxylic acid groups (broad SMARTS) is 1. The summed E-state index contributed by atoms with van der Waals surface area (Å²) in [6.45, 7) is 1.59. The number of carbonyl (C=O) groups is 2. The molecule has 1 heterocycles. The number of hydrogen-bond acceptors (Lipinski definition) is 4. The number of ether oxygens (including phenoxy) is 1. The van der Waals surface area contributed by atoms with Crippen LogP contribution in [0.15, 0.2) is 15.2 Å². The molecule has 0 spiro atoms. The minimum atomic E-state index is -1.13. The van der Waals surface area contributed by atoms with Gasteiger partial charge in [-0.05, 0) is 28.9 Å². The zero-order valence-corrected chi connectivity index (χ0v) is 10.9. The second kappa shape index (κ2) is 5.83. The van der Waals surface area contributed by atoms with Crippen molar-refractivity contribution in [2.75, 3.05) is 13.7 Å². The van der Waals surface area contributed by atoms with E-state index >= 15 is 0 Å². The average Bonchev–Trinajstić information content (AvgIpc) is 2.58. The number of aryl methyl sites for hydroxylation is 1. The quantitative estimate of drug-likeness (QED) is 0.853. The van der Waals surface area contributed by atoms with Gasteiger partial charge in [-0.3, -0.25) is 4.79 Å². The number of carboxylic acids is 1. The Balaban J connectivity index is 2.61. The summed E-state index contributed by atoms with van der Waals surface area (Å²) in [5, 5.41) is 11.1. The van der Waals surface area contributed by atoms with Crippen molar-refractivity contribution in [1.29, 1.82) is 0 Å². The van der Waals surface area contributed by atoms with Crippen LogP contribution >= 0.6 is 15.9 Å². The van der Waals surface area contributed by atoms with E-state index in [-0.39, 0.29) is 12.3 Å². The molecule has 0 bridgehead atoms. The molecular formula is C10H12BrNO5. The fourth-order valence-electron chi connectivity index (χ4n) is 1.21. The monoisotopic (exact) mass is 305 g/mol. The van der Waals surface area contributed by atoms with E-state index in [1.165, 1.54) is 7.11 Å². The molecule has 2 N–H and O–H groups in total. The molecule has 0 fully saturated rings. The highest BCUT2D eigenvalue weighted by Crippen LogP contribution is 2.19. The summed E-state index contributed by atoms with van der Waals surface area (Å²) in [6, 6.07) is 1.65. The summed E-state index contributed by atoms with van der Waals surface area (Å²) >= 11 is 3.10. The summed E-state index contributed by atoms with van der Waals surface area (Å²) in [5.74, 6) is -1.46. The van der Waals surface area contributed by atoms with Gasteiger partial charge in [0.1, 0.15) is 0 Å². The third-order valence-electron chi connectivity index (χ3n) is 2.10. The molecule has 0 aliphatic rings. The van der Waals surface area contributed by atoms with Crippen LogP contribution in [0.4, 0.5) is 0 Å². The van der Waals surface area contributed by atoms with Gasteiger partial charge in [0, 0.05) is 12.7 Å². The predicted octanol–water partition coefficient (Wildman–Crippen LogP) is 1.18. The molecule has 17 heavy (non-hydrogen) atoms. The molecule has 1 unspecified atom stereocenters. The van der Waals surface area contributed by atoms with Crippen molar-refractivity contribution in [1.82, 2.24) is 5.32 Å². The van der Waals surface area contributed by atoms with E-state index in [1.807, 2.05) is 0 Å². The lowest BCUT2D eigenvalue weighted by Gasteiger charge is -2.10. The fraction of sp³-hybridized carbons (Fsp3) is 0.400. The molecule has 1 atom stereocenters. The van der Waals surface area contributed by atoms with Gasteiger partial charge in [-0.2, -0.15) is 0 Å². The van der Waals surface area contributed by atoms with Crippen LogP contribution in [0.3, 0.4) is 0 Å². The Morgan fingerprint density at radius 3 is 2.71 bits per heavy atom. The van der Waals surface area contributed by atoms with Crippen LogP contribution in [0.25, 0.3) is 0 Å². The second-order valence-corrected chi connectivity index (χ2v) is 4.12. The van der Waals surface area contributed by atoms with Gasteiger partial charge in [0.05, 0.1) is 6.54 Å². The van der Waals surface area contributed by atoms with Crippen LogP contribution in [0, 0.1) is 6.92 Å². The van der Waals surface area contributed by atoms with Gasteiger partial charge >= 0.3 is 5.97 Å². The van der Waals surface area contributed by atoms with E-state index in [1.54, 1.807) is 13.0 Å². The van der Waals surface area contributed by atoms with Crippen LogP contribution in [0.1, 0.15) is 16.1 Å². The third-order valence-corrected chi connectivity index (χ3v) is 2.49. The normalized spacial score (nSPS) is 12.2. The van der Waals surface area contributed by atoms with E-state index in [4.69, 9.17) is 9.52 Å². The second-order valence-electron chi connectivity index (χ2n) is 3.34. The molecule has 0 saturated carbocycles. The van der Waals surface area contributed by atoms with Crippen molar-refractivity contribution < 1.29 is 23.8 Å². The van der Waals surface area contributed by atoms with Gasteiger partial charge in [-0.15, -0.1) is 0 Å². The molecule has 1 amide bonds. The summed E-state index contributed by atoms with van der Waals surface area (Å²) < 4.78 is 10.2. The molecular weight excluding hydrogens is 294 g/mol. The van der Waals surface area contributed by atoms with E-state index in [2.05, 4.69) is 26.0 Å². The zero-order chi connectivity index (χ0) is 13.0. The highest BCUT2D eigenvalue weighted by atomic mass is 79.9. The standard InChI is InChI=1S/C10H12BrNO5/c1-5-3-7(11)17-8(5)9(13)12-4-6(16-2)10(14)15/h3,6H,4H2,1-2H3,(H,12,13)(H,14,15). The first kappa shape index (κ1) is 13.7. The van der Waals surface area contributed by atoms with Gasteiger partial charge in [0.15, 0.2) is 16.5 Å². The summed E-state index contributed by atoms with van der Waals surface area (Å²) in [4.78, 5) is 22.3. The van der Waals surface area contributed by atoms with Crippen LogP contribution in [-0.2, 0) is 9.53 Å². The molecule has 0 aliphatic heterocycles. The minimum Gasteiger partial charge on any atom is -0.479 e. The van der Waals surface area contributed by atoms with E-state index in [0.29, 0.717) is 10.2 Å². The summed E-state index contributed by atoms with van der Waals surface area (Å²) in [6.07, 6.45) is -1.07. The SMILES string of the molecule is COC(CNC(=O)c1oc(Br)cc1C)C(=O)O. The smallest absolute Gasteiger partial charge is 0.334 e. The molecule has 0 radical (unpaired) electrons. The molecule has 1 rings (SSSR count). The Bertz CT molecular complexity index is 428. The average molecular weight is 306 g/mol. The maximum Gasteiger partial charge on any atom is 0.334 e. The Morgan fingerprint density at radius 2 is 2.29 bits per heavy atom. The summed E-state index contributed by atoms with van der Waals surface area (Å²) in [5.41, 5.74) is 0.665. The van der Waals surface area contributed by atoms with Crippen molar-refractivity contribution in [2.24, 2.45) is 0 Å². The maximum absolute atomic E-state index is 11.6. The highest BCUT2D eigenvalue weighted by Gasteiger charge is 2.20. The predicted molar refractivity (Wildman–Crippen MR) is 61.9 cm³/mol. The Labute approximate surface area is 106 Å². The first-order chi connectivity index (χ1) is 7.95. The molecule has 94 valence electrons. The third kappa shape index (κ3) is 3.57. The Kier molecular flexibility index (Phi) is 4.71. The minimum absolute atomic E-state index is 0.123. The van der Waals surface area contributed by atoms with E-state index < -0.39 is 18.0 Å². The number of rotatable bonds is 5. The van der Waals surface area contributed by atoms with Gasteiger partial charge in [0.2, 0.25) is 0 Å². The van der Waals surface area contributed by atoms with E-state index in [9.17, 15) is 9.59 Å². The highest BCUT2D eigenvalue weighted by molar-refractivity contribution is 9.10. The molecule has 0 aliphatic carbocycles. The molecule has 0 aromatic carbocycles. The molecule has 6 nitrogen and oxygen atoms in total. The number of hydrogen-bond donors (Lipinski definition) is 2. The number of aliphatic carboxylic acids is 1. The number of furan rings is 1. The molecule has 0 saturated heterocycles. The topological polar surface area (TPSA) is 88.8 Å². The fourth-order valence-corrected chi connectivity index (χ4v) is 1.71. The van der Waals surface area contributed by atoms with Crippen LogP contribution in [0.5, 0.6) is 0 Å². The number of halogens is 1.